The second-order valence-corrected chi connectivity index (χ2v) is 6.77. The van der Waals surface area contributed by atoms with Gasteiger partial charge in [-0.2, -0.15) is 0 Å². The van der Waals surface area contributed by atoms with Crippen molar-refractivity contribution in [2.24, 2.45) is 0 Å². The van der Waals surface area contributed by atoms with E-state index in [9.17, 15) is 9.59 Å². The molecule has 0 spiro atoms. The number of methoxy groups -OCH3 is 1. The lowest BCUT2D eigenvalue weighted by Gasteiger charge is -2.26. The van der Waals surface area contributed by atoms with Gasteiger partial charge in [-0.05, 0) is 25.1 Å². The first-order valence-electron chi connectivity index (χ1n) is 7.22. The predicted octanol–water partition coefficient (Wildman–Crippen LogP) is 3.87. The van der Waals surface area contributed by atoms with Gasteiger partial charge in [0.25, 0.3) is 0 Å². The van der Waals surface area contributed by atoms with Crippen LogP contribution >= 0.6 is 22.9 Å². The highest BCUT2D eigenvalue weighted by Crippen LogP contribution is 2.38. The fraction of sp³-hybridized carbons (Fsp3) is 0.176. The minimum atomic E-state index is -0.549. The molecule has 0 saturated carbocycles. The van der Waals surface area contributed by atoms with Gasteiger partial charge >= 0.3 is 12.0 Å². The van der Waals surface area contributed by atoms with E-state index in [0.29, 0.717) is 16.3 Å². The highest BCUT2D eigenvalue weighted by atomic mass is 35.5. The van der Waals surface area contributed by atoms with Gasteiger partial charge in [-0.3, -0.25) is 0 Å². The molecule has 2 N–H and O–H groups in total. The van der Waals surface area contributed by atoms with E-state index >= 15 is 0 Å². The number of allylic oxidation sites excluding steroid dienone is 1. The predicted molar refractivity (Wildman–Crippen MR) is 93.9 cm³/mol. The molecule has 1 atom stereocenters. The van der Waals surface area contributed by atoms with E-state index in [1.807, 2.05) is 36.4 Å². The van der Waals surface area contributed by atoms with Crippen LogP contribution in [0.15, 0.2) is 47.7 Å². The fourth-order valence-corrected chi connectivity index (χ4v) is 4.00. The standard InChI is InChI=1S/C17H15ClN2O3S/c1-9-14(16(21)23-2)15(20-17(22)19-9)13-8-7-12(24-13)10-5-3-4-6-11(10)18/h3-8,15H,1-2H3,(H2,19,20,22)/t15-/m0/s1. The van der Waals surface area contributed by atoms with Crippen LogP contribution < -0.4 is 10.6 Å². The monoisotopic (exact) mass is 362 g/mol. The van der Waals surface area contributed by atoms with E-state index in [4.69, 9.17) is 16.3 Å². The Labute approximate surface area is 148 Å². The number of urea groups is 1. The van der Waals surface area contributed by atoms with Gasteiger partial charge in [-0.15, -0.1) is 11.3 Å². The summed E-state index contributed by atoms with van der Waals surface area (Å²) in [5.41, 5.74) is 1.80. The van der Waals surface area contributed by atoms with Gasteiger partial charge in [-0.25, -0.2) is 9.59 Å². The Morgan fingerprint density at radius 3 is 2.71 bits per heavy atom. The average Bonchev–Trinajstić information content (AvgIpc) is 3.03. The van der Waals surface area contributed by atoms with E-state index in [0.717, 1.165) is 15.3 Å². The van der Waals surface area contributed by atoms with Crippen molar-refractivity contribution in [3.8, 4) is 10.4 Å². The third kappa shape index (κ3) is 3.02. The Morgan fingerprint density at radius 2 is 2.00 bits per heavy atom. The molecule has 5 nitrogen and oxygen atoms in total. The van der Waals surface area contributed by atoms with Gasteiger partial charge in [0.05, 0.1) is 18.7 Å². The summed E-state index contributed by atoms with van der Waals surface area (Å²) in [4.78, 5) is 25.7. The van der Waals surface area contributed by atoms with Crippen LogP contribution in [0, 0.1) is 0 Å². The van der Waals surface area contributed by atoms with Crippen molar-refractivity contribution in [2.75, 3.05) is 7.11 Å². The molecule has 2 amide bonds. The normalized spacial score (nSPS) is 17.3. The molecule has 7 heteroatoms. The van der Waals surface area contributed by atoms with E-state index in [1.54, 1.807) is 6.92 Å². The lowest BCUT2D eigenvalue weighted by atomic mass is 10.0. The van der Waals surface area contributed by atoms with Crippen molar-refractivity contribution >= 4 is 34.9 Å². The van der Waals surface area contributed by atoms with E-state index in [1.165, 1.54) is 18.4 Å². The number of hydrogen-bond acceptors (Lipinski definition) is 4. The summed E-state index contributed by atoms with van der Waals surface area (Å²) < 4.78 is 4.85. The van der Waals surface area contributed by atoms with Crippen LogP contribution in [0.5, 0.6) is 0 Å². The molecule has 1 aromatic carbocycles. The van der Waals surface area contributed by atoms with E-state index in [-0.39, 0.29) is 6.03 Å². The third-order valence-corrected chi connectivity index (χ3v) is 5.24. The van der Waals surface area contributed by atoms with Crippen LogP contribution in [0.4, 0.5) is 4.79 Å². The number of carbonyl (C=O) groups is 2. The molecule has 1 aliphatic rings. The largest absolute Gasteiger partial charge is 0.466 e. The highest BCUT2D eigenvalue weighted by molar-refractivity contribution is 7.15. The first kappa shape index (κ1) is 16.5. The van der Waals surface area contributed by atoms with Crippen LogP contribution in [0.25, 0.3) is 10.4 Å². The molecule has 124 valence electrons. The molecule has 0 unspecified atom stereocenters. The molecule has 0 saturated heterocycles. The van der Waals surface area contributed by atoms with Gasteiger partial charge in [0.1, 0.15) is 0 Å². The Kier molecular flexibility index (Phi) is 4.59. The van der Waals surface area contributed by atoms with Crippen molar-refractivity contribution < 1.29 is 14.3 Å². The Morgan fingerprint density at radius 1 is 1.25 bits per heavy atom. The van der Waals surface area contributed by atoms with Crippen LogP contribution in [0.3, 0.4) is 0 Å². The van der Waals surface area contributed by atoms with Gasteiger partial charge < -0.3 is 15.4 Å². The molecule has 0 aliphatic carbocycles. The minimum absolute atomic E-state index is 0.349. The van der Waals surface area contributed by atoms with E-state index in [2.05, 4.69) is 10.6 Å². The van der Waals surface area contributed by atoms with Crippen molar-refractivity contribution in [1.82, 2.24) is 10.6 Å². The molecule has 3 rings (SSSR count). The number of nitrogens with one attached hydrogen (secondary N) is 2. The van der Waals surface area contributed by atoms with Gasteiger partial charge in [-0.1, -0.05) is 29.8 Å². The third-order valence-electron chi connectivity index (χ3n) is 3.73. The highest BCUT2D eigenvalue weighted by Gasteiger charge is 2.32. The Balaban J connectivity index is 2.02. The number of carbonyl (C=O) groups excluding carboxylic acids is 2. The van der Waals surface area contributed by atoms with Gasteiger partial charge in [0.2, 0.25) is 0 Å². The lowest BCUT2D eigenvalue weighted by Crippen LogP contribution is -2.45. The van der Waals surface area contributed by atoms with Crippen LogP contribution in [0.1, 0.15) is 17.8 Å². The summed E-state index contributed by atoms with van der Waals surface area (Å²) >= 11 is 7.72. The minimum Gasteiger partial charge on any atom is -0.466 e. The van der Waals surface area contributed by atoms with Gasteiger partial charge in [0.15, 0.2) is 0 Å². The van der Waals surface area contributed by atoms with Crippen LogP contribution in [-0.4, -0.2) is 19.1 Å². The summed E-state index contributed by atoms with van der Waals surface area (Å²) in [6, 6.07) is 10.5. The summed E-state index contributed by atoms with van der Waals surface area (Å²) in [6.07, 6.45) is 0. The number of benzene rings is 1. The topological polar surface area (TPSA) is 67.4 Å². The summed E-state index contributed by atoms with van der Waals surface area (Å²) in [5, 5.41) is 6.03. The zero-order chi connectivity index (χ0) is 17.3. The molecule has 2 aromatic rings. The average molecular weight is 363 g/mol. The van der Waals surface area contributed by atoms with Crippen molar-refractivity contribution in [3.05, 3.63) is 57.6 Å². The maximum atomic E-state index is 12.1. The number of hydrogen-bond donors (Lipinski definition) is 2. The smallest absolute Gasteiger partial charge is 0.338 e. The zero-order valence-corrected chi connectivity index (χ0v) is 14.6. The molecule has 2 heterocycles. The maximum Gasteiger partial charge on any atom is 0.338 e. The fourth-order valence-electron chi connectivity index (χ4n) is 2.60. The van der Waals surface area contributed by atoms with Crippen molar-refractivity contribution in [2.45, 2.75) is 13.0 Å². The second kappa shape index (κ2) is 6.67. The van der Waals surface area contributed by atoms with Gasteiger partial charge in [0, 0.05) is 26.0 Å². The molecule has 24 heavy (non-hydrogen) atoms. The Hall–Kier alpha value is -2.31. The number of rotatable bonds is 3. The zero-order valence-electron chi connectivity index (χ0n) is 13.1. The molecule has 0 radical (unpaired) electrons. The molecule has 0 bridgehead atoms. The molecular weight excluding hydrogens is 348 g/mol. The Bertz CT molecular complexity index is 844. The number of amides is 2. The van der Waals surface area contributed by atoms with Crippen molar-refractivity contribution in [3.63, 3.8) is 0 Å². The maximum absolute atomic E-state index is 12.1. The molecule has 1 aliphatic heterocycles. The lowest BCUT2D eigenvalue weighted by molar-refractivity contribution is -0.136. The SMILES string of the molecule is COC(=O)C1=C(C)NC(=O)N[C@H]1c1ccc(-c2ccccc2Cl)s1. The second-order valence-electron chi connectivity index (χ2n) is 5.24. The summed E-state index contributed by atoms with van der Waals surface area (Å²) in [6.45, 7) is 1.68. The number of halogens is 1. The van der Waals surface area contributed by atoms with Crippen molar-refractivity contribution in [1.29, 1.82) is 0 Å². The first-order chi connectivity index (χ1) is 11.5. The van der Waals surface area contributed by atoms with E-state index < -0.39 is 12.0 Å². The molecule has 1 aromatic heterocycles. The van der Waals surface area contributed by atoms with Crippen LogP contribution in [0.2, 0.25) is 5.02 Å². The summed E-state index contributed by atoms with van der Waals surface area (Å²) in [7, 11) is 1.32. The number of thiophene rings is 1. The van der Waals surface area contributed by atoms with Crippen LogP contribution in [-0.2, 0) is 9.53 Å². The first-order valence-corrected chi connectivity index (χ1v) is 8.42. The quantitative estimate of drug-likeness (QED) is 0.814. The molecular formula is C17H15ClN2O3S. The summed E-state index contributed by atoms with van der Waals surface area (Å²) in [5.74, 6) is -0.474. The number of esters is 1. The molecule has 0 fully saturated rings. The number of ether oxygens (including phenoxy) is 1.